The van der Waals surface area contributed by atoms with E-state index in [2.05, 4.69) is 17.4 Å². The summed E-state index contributed by atoms with van der Waals surface area (Å²) in [6.07, 6.45) is 0. The molecule has 0 saturated carbocycles. The summed E-state index contributed by atoms with van der Waals surface area (Å²) >= 11 is 0. The first-order valence-electron chi connectivity index (χ1n) is 6.81. The van der Waals surface area contributed by atoms with Crippen LogP contribution in [0.15, 0.2) is 48.5 Å². The fraction of sp³-hybridized carbons (Fsp3) is 0.294. The van der Waals surface area contributed by atoms with Crippen molar-refractivity contribution in [1.82, 2.24) is 5.32 Å². The van der Waals surface area contributed by atoms with E-state index in [9.17, 15) is 0 Å². The van der Waals surface area contributed by atoms with E-state index >= 15 is 0 Å². The van der Waals surface area contributed by atoms with Crippen LogP contribution in [-0.2, 0) is 6.54 Å². The van der Waals surface area contributed by atoms with Gasteiger partial charge in [0, 0.05) is 13.1 Å². The molecule has 3 heteroatoms. The highest BCUT2D eigenvalue weighted by Crippen LogP contribution is 2.27. The second kappa shape index (κ2) is 7.56. The maximum absolute atomic E-state index is 5.73. The van der Waals surface area contributed by atoms with Gasteiger partial charge in [0.15, 0.2) is 11.5 Å². The van der Waals surface area contributed by atoms with Gasteiger partial charge in [0.05, 0.1) is 7.11 Å². The Labute approximate surface area is 120 Å². The standard InChI is InChI=1S/C17H21NO2/c1-14-8-9-16(17(12-14)19-2)20-11-10-18-13-15-6-4-3-5-7-15/h3-9,12,18H,10-11,13H2,1-2H3. The molecule has 0 fully saturated rings. The molecule has 20 heavy (non-hydrogen) atoms. The topological polar surface area (TPSA) is 30.5 Å². The van der Waals surface area contributed by atoms with Crippen molar-refractivity contribution in [2.75, 3.05) is 20.3 Å². The molecule has 0 radical (unpaired) electrons. The zero-order chi connectivity index (χ0) is 14.2. The third-order valence-electron chi connectivity index (χ3n) is 3.03. The van der Waals surface area contributed by atoms with Crippen LogP contribution in [0, 0.1) is 6.92 Å². The normalized spacial score (nSPS) is 10.3. The minimum absolute atomic E-state index is 0.617. The van der Waals surface area contributed by atoms with Gasteiger partial charge in [0.1, 0.15) is 6.61 Å². The van der Waals surface area contributed by atoms with Crippen molar-refractivity contribution < 1.29 is 9.47 Å². The maximum Gasteiger partial charge on any atom is 0.161 e. The Morgan fingerprint density at radius 2 is 1.80 bits per heavy atom. The summed E-state index contributed by atoms with van der Waals surface area (Å²) in [5, 5.41) is 3.35. The van der Waals surface area contributed by atoms with E-state index in [0.29, 0.717) is 6.61 Å². The molecule has 2 aromatic rings. The molecule has 0 aliphatic carbocycles. The van der Waals surface area contributed by atoms with E-state index in [0.717, 1.165) is 30.2 Å². The fourth-order valence-corrected chi connectivity index (χ4v) is 1.96. The second-order valence-electron chi connectivity index (χ2n) is 4.67. The molecular formula is C17H21NO2. The number of rotatable bonds is 7. The number of aryl methyl sites for hydroxylation is 1. The molecule has 0 amide bonds. The first-order valence-corrected chi connectivity index (χ1v) is 6.81. The zero-order valence-electron chi connectivity index (χ0n) is 12.1. The van der Waals surface area contributed by atoms with Gasteiger partial charge in [-0.05, 0) is 30.2 Å². The molecule has 106 valence electrons. The molecule has 2 aromatic carbocycles. The third-order valence-corrected chi connectivity index (χ3v) is 3.03. The second-order valence-corrected chi connectivity index (χ2v) is 4.67. The lowest BCUT2D eigenvalue weighted by Crippen LogP contribution is -2.20. The van der Waals surface area contributed by atoms with E-state index in [1.807, 2.05) is 43.3 Å². The minimum Gasteiger partial charge on any atom is -0.493 e. The Morgan fingerprint density at radius 3 is 2.55 bits per heavy atom. The predicted molar refractivity (Wildman–Crippen MR) is 81.4 cm³/mol. The predicted octanol–water partition coefficient (Wildman–Crippen LogP) is 3.17. The molecule has 0 atom stereocenters. The van der Waals surface area contributed by atoms with E-state index < -0.39 is 0 Å². The van der Waals surface area contributed by atoms with Gasteiger partial charge in [-0.2, -0.15) is 0 Å². The van der Waals surface area contributed by atoms with Crippen molar-refractivity contribution in [3.63, 3.8) is 0 Å². The lowest BCUT2D eigenvalue weighted by atomic mass is 10.2. The van der Waals surface area contributed by atoms with Crippen LogP contribution in [0.2, 0.25) is 0 Å². The molecule has 3 nitrogen and oxygen atoms in total. The molecule has 1 N–H and O–H groups in total. The van der Waals surface area contributed by atoms with E-state index in [1.54, 1.807) is 7.11 Å². The molecule has 0 spiro atoms. The monoisotopic (exact) mass is 271 g/mol. The number of hydrogen-bond donors (Lipinski definition) is 1. The van der Waals surface area contributed by atoms with Crippen LogP contribution in [0.3, 0.4) is 0 Å². The smallest absolute Gasteiger partial charge is 0.161 e. The highest BCUT2D eigenvalue weighted by atomic mass is 16.5. The third kappa shape index (κ3) is 4.28. The van der Waals surface area contributed by atoms with Crippen molar-refractivity contribution in [2.45, 2.75) is 13.5 Å². The first-order chi connectivity index (χ1) is 9.79. The summed E-state index contributed by atoms with van der Waals surface area (Å²) in [5.41, 5.74) is 2.44. The first kappa shape index (κ1) is 14.4. The van der Waals surface area contributed by atoms with Crippen LogP contribution in [0.1, 0.15) is 11.1 Å². The van der Waals surface area contributed by atoms with Crippen molar-refractivity contribution in [2.24, 2.45) is 0 Å². The van der Waals surface area contributed by atoms with E-state index in [-0.39, 0.29) is 0 Å². The van der Waals surface area contributed by atoms with Gasteiger partial charge in [-0.25, -0.2) is 0 Å². The average Bonchev–Trinajstić information content (AvgIpc) is 2.49. The number of benzene rings is 2. The fourth-order valence-electron chi connectivity index (χ4n) is 1.96. The van der Waals surface area contributed by atoms with Crippen molar-refractivity contribution >= 4 is 0 Å². The van der Waals surface area contributed by atoms with E-state index in [1.165, 1.54) is 5.56 Å². The van der Waals surface area contributed by atoms with Crippen LogP contribution >= 0.6 is 0 Å². The van der Waals surface area contributed by atoms with Gasteiger partial charge in [-0.1, -0.05) is 36.4 Å². The Morgan fingerprint density at radius 1 is 1.00 bits per heavy atom. The van der Waals surface area contributed by atoms with Crippen LogP contribution in [0.5, 0.6) is 11.5 Å². The summed E-state index contributed by atoms with van der Waals surface area (Å²) in [6.45, 7) is 4.31. The van der Waals surface area contributed by atoms with Crippen LogP contribution in [0.4, 0.5) is 0 Å². The molecule has 0 heterocycles. The van der Waals surface area contributed by atoms with Crippen molar-refractivity contribution in [3.05, 3.63) is 59.7 Å². The van der Waals surface area contributed by atoms with Crippen LogP contribution in [0.25, 0.3) is 0 Å². The Balaban J connectivity index is 1.73. The molecule has 0 saturated heterocycles. The lowest BCUT2D eigenvalue weighted by Gasteiger charge is -2.11. The van der Waals surface area contributed by atoms with Crippen LogP contribution < -0.4 is 14.8 Å². The summed E-state index contributed by atoms with van der Waals surface area (Å²) in [7, 11) is 1.66. The maximum atomic E-state index is 5.73. The summed E-state index contributed by atoms with van der Waals surface area (Å²) in [6, 6.07) is 16.3. The number of methoxy groups -OCH3 is 1. The molecule has 2 rings (SSSR count). The lowest BCUT2D eigenvalue weighted by molar-refractivity contribution is 0.292. The highest BCUT2D eigenvalue weighted by molar-refractivity contribution is 5.42. The van der Waals surface area contributed by atoms with Gasteiger partial charge >= 0.3 is 0 Å². The van der Waals surface area contributed by atoms with Gasteiger partial charge in [-0.15, -0.1) is 0 Å². The number of ether oxygens (including phenoxy) is 2. The Kier molecular flexibility index (Phi) is 5.44. The zero-order valence-corrected chi connectivity index (χ0v) is 12.1. The number of nitrogens with one attached hydrogen (secondary N) is 1. The quantitative estimate of drug-likeness (QED) is 0.785. The molecule has 0 aromatic heterocycles. The average molecular weight is 271 g/mol. The minimum atomic E-state index is 0.617. The van der Waals surface area contributed by atoms with Crippen molar-refractivity contribution in [1.29, 1.82) is 0 Å². The molecule has 0 unspecified atom stereocenters. The summed E-state index contributed by atoms with van der Waals surface area (Å²) < 4.78 is 11.0. The summed E-state index contributed by atoms with van der Waals surface area (Å²) in [5.74, 6) is 1.58. The highest BCUT2D eigenvalue weighted by Gasteiger charge is 2.03. The Hall–Kier alpha value is -2.00. The molecule has 0 bridgehead atoms. The van der Waals surface area contributed by atoms with Gasteiger partial charge in [0.2, 0.25) is 0 Å². The van der Waals surface area contributed by atoms with Crippen molar-refractivity contribution in [3.8, 4) is 11.5 Å². The molecule has 0 aliphatic rings. The van der Waals surface area contributed by atoms with Crippen LogP contribution in [-0.4, -0.2) is 20.3 Å². The van der Waals surface area contributed by atoms with Gasteiger partial charge in [0.25, 0.3) is 0 Å². The largest absolute Gasteiger partial charge is 0.493 e. The van der Waals surface area contributed by atoms with E-state index in [4.69, 9.17) is 9.47 Å². The number of hydrogen-bond acceptors (Lipinski definition) is 3. The SMILES string of the molecule is COc1cc(C)ccc1OCCNCc1ccccc1. The van der Waals surface area contributed by atoms with Gasteiger partial charge in [-0.3, -0.25) is 0 Å². The Bertz CT molecular complexity index is 526. The molecular weight excluding hydrogens is 250 g/mol. The summed E-state index contributed by atoms with van der Waals surface area (Å²) in [4.78, 5) is 0. The molecule has 0 aliphatic heterocycles. The van der Waals surface area contributed by atoms with Gasteiger partial charge < -0.3 is 14.8 Å².